The van der Waals surface area contributed by atoms with E-state index in [1.165, 1.54) is 16.8 Å². The van der Waals surface area contributed by atoms with Gasteiger partial charge >= 0.3 is 0 Å². The number of nitrogens with zero attached hydrogens (tertiary/aromatic N) is 3. The Morgan fingerprint density at radius 3 is 2.50 bits per heavy atom. The van der Waals surface area contributed by atoms with E-state index in [4.69, 9.17) is 0 Å². The van der Waals surface area contributed by atoms with Gasteiger partial charge in [0, 0.05) is 24.3 Å². The van der Waals surface area contributed by atoms with Crippen LogP contribution in [0.3, 0.4) is 0 Å². The Bertz CT molecular complexity index is 1120. The molecular formula is C24H24FN3O2. The summed E-state index contributed by atoms with van der Waals surface area (Å²) in [6.07, 6.45) is 2.14. The summed E-state index contributed by atoms with van der Waals surface area (Å²) in [6, 6.07) is 17.2. The second kappa shape index (κ2) is 8.22. The average molecular weight is 405 g/mol. The highest BCUT2D eigenvalue weighted by Crippen LogP contribution is 2.36. The first-order valence-corrected chi connectivity index (χ1v) is 10.2. The van der Waals surface area contributed by atoms with Gasteiger partial charge in [0.25, 0.3) is 5.91 Å². The maximum atomic E-state index is 14.3. The molecule has 3 aromatic rings. The summed E-state index contributed by atoms with van der Waals surface area (Å²) in [7, 11) is 0. The maximum absolute atomic E-state index is 14.3. The predicted octanol–water partition coefficient (Wildman–Crippen LogP) is 4.12. The van der Waals surface area contributed by atoms with Crippen molar-refractivity contribution in [3.63, 3.8) is 0 Å². The van der Waals surface area contributed by atoms with Crippen LogP contribution in [-0.2, 0) is 6.54 Å². The highest BCUT2D eigenvalue weighted by molar-refractivity contribution is 5.92. The number of amides is 1. The SMILES string of the molecule is Cc1cc(=O)c(C(=O)N(Cc2ccccc2)C(C)C2CC2)nn1-c1ccccc1F. The summed E-state index contributed by atoms with van der Waals surface area (Å²) in [5.74, 6) is -0.465. The van der Waals surface area contributed by atoms with Gasteiger partial charge in [-0.25, -0.2) is 9.07 Å². The molecule has 0 bridgehead atoms. The molecule has 0 spiro atoms. The summed E-state index contributed by atoms with van der Waals surface area (Å²) in [5, 5.41) is 4.30. The monoisotopic (exact) mass is 405 g/mol. The lowest BCUT2D eigenvalue weighted by atomic mass is 10.1. The molecule has 1 aliphatic carbocycles. The lowest BCUT2D eigenvalue weighted by molar-refractivity contribution is 0.0644. The molecule has 2 aromatic carbocycles. The fraction of sp³-hybridized carbons (Fsp3) is 0.292. The first-order valence-electron chi connectivity index (χ1n) is 10.2. The van der Waals surface area contributed by atoms with Crippen LogP contribution in [0.1, 0.15) is 41.5 Å². The number of aryl methyl sites for hydroxylation is 1. The van der Waals surface area contributed by atoms with Crippen LogP contribution in [0.25, 0.3) is 5.69 Å². The lowest BCUT2D eigenvalue weighted by Crippen LogP contribution is -2.42. The van der Waals surface area contributed by atoms with E-state index in [-0.39, 0.29) is 17.4 Å². The Balaban J connectivity index is 1.75. The first-order chi connectivity index (χ1) is 14.5. The second-order valence-electron chi connectivity index (χ2n) is 7.86. The van der Waals surface area contributed by atoms with E-state index in [1.54, 1.807) is 30.0 Å². The molecule has 6 heteroatoms. The first kappa shape index (κ1) is 20.0. The zero-order chi connectivity index (χ0) is 21.3. The van der Waals surface area contributed by atoms with E-state index in [2.05, 4.69) is 5.10 Å². The molecule has 0 aliphatic heterocycles. The van der Waals surface area contributed by atoms with E-state index < -0.39 is 17.2 Å². The summed E-state index contributed by atoms with van der Waals surface area (Å²) in [4.78, 5) is 27.9. The van der Waals surface area contributed by atoms with E-state index in [1.807, 2.05) is 37.3 Å². The van der Waals surface area contributed by atoms with Crippen molar-refractivity contribution < 1.29 is 9.18 Å². The van der Waals surface area contributed by atoms with Gasteiger partial charge in [0.15, 0.2) is 5.69 Å². The highest BCUT2D eigenvalue weighted by Gasteiger charge is 2.36. The van der Waals surface area contributed by atoms with Gasteiger partial charge in [-0.15, -0.1) is 0 Å². The molecule has 1 aromatic heterocycles. The summed E-state index contributed by atoms with van der Waals surface area (Å²) < 4.78 is 15.7. The zero-order valence-electron chi connectivity index (χ0n) is 17.1. The molecule has 1 atom stereocenters. The van der Waals surface area contributed by atoms with Crippen molar-refractivity contribution >= 4 is 5.91 Å². The van der Waals surface area contributed by atoms with Gasteiger partial charge in [-0.3, -0.25) is 9.59 Å². The highest BCUT2D eigenvalue weighted by atomic mass is 19.1. The van der Waals surface area contributed by atoms with Crippen LogP contribution in [0.15, 0.2) is 65.5 Å². The number of para-hydroxylation sites is 1. The number of benzene rings is 2. The number of hydrogen-bond donors (Lipinski definition) is 0. The van der Waals surface area contributed by atoms with Crippen molar-refractivity contribution in [2.75, 3.05) is 0 Å². The molecule has 1 amide bonds. The quantitative estimate of drug-likeness (QED) is 0.620. The Labute approximate surface area is 174 Å². The van der Waals surface area contributed by atoms with Crippen LogP contribution < -0.4 is 5.43 Å². The molecule has 1 heterocycles. The minimum Gasteiger partial charge on any atom is -0.330 e. The molecule has 1 aliphatic rings. The largest absolute Gasteiger partial charge is 0.330 e. The standard InChI is InChI=1S/C24H24FN3O2/c1-16-14-22(29)23(26-28(16)21-11-7-6-10-20(21)25)24(30)27(17(2)19-12-13-19)15-18-8-4-3-5-9-18/h3-11,14,17,19H,12-13,15H2,1-2H3. The van der Waals surface area contributed by atoms with Crippen molar-refractivity contribution in [3.05, 3.63) is 93.7 Å². The molecule has 30 heavy (non-hydrogen) atoms. The minimum absolute atomic E-state index is 0.0119. The normalized spacial score (nSPS) is 14.4. The number of rotatable bonds is 6. The van der Waals surface area contributed by atoms with Crippen molar-refractivity contribution in [2.24, 2.45) is 5.92 Å². The summed E-state index contributed by atoms with van der Waals surface area (Å²) >= 11 is 0. The molecular weight excluding hydrogens is 381 g/mol. The molecule has 4 rings (SSSR count). The fourth-order valence-electron chi connectivity index (χ4n) is 3.71. The number of carbonyl (C=O) groups is 1. The number of carbonyl (C=O) groups excluding carboxylic acids is 1. The molecule has 0 radical (unpaired) electrons. The molecule has 1 unspecified atom stereocenters. The maximum Gasteiger partial charge on any atom is 0.278 e. The van der Waals surface area contributed by atoms with Crippen LogP contribution in [-0.4, -0.2) is 26.6 Å². The number of hydrogen-bond acceptors (Lipinski definition) is 3. The van der Waals surface area contributed by atoms with Crippen LogP contribution in [0.4, 0.5) is 4.39 Å². The van der Waals surface area contributed by atoms with Crippen LogP contribution in [0.5, 0.6) is 0 Å². The molecule has 5 nitrogen and oxygen atoms in total. The Morgan fingerprint density at radius 1 is 1.17 bits per heavy atom. The van der Waals surface area contributed by atoms with Gasteiger partial charge in [-0.2, -0.15) is 5.10 Å². The predicted molar refractivity (Wildman–Crippen MR) is 113 cm³/mol. The number of halogens is 1. The molecule has 0 saturated heterocycles. The average Bonchev–Trinajstić information content (AvgIpc) is 3.58. The van der Waals surface area contributed by atoms with Gasteiger partial charge in [-0.05, 0) is 50.3 Å². The van der Waals surface area contributed by atoms with E-state index in [0.29, 0.717) is 18.2 Å². The molecule has 1 saturated carbocycles. The van der Waals surface area contributed by atoms with Crippen molar-refractivity contribution in [1.82, 2.24) is 14.7 Å². The minimum atomic E-state index is -0.470. The van der Waals surface area contributed by atoms with Crippen LogP contribution >= 0.6 is 0 Å². The van der Waals surface area contributed by atoms with Gasteiger partial charge in [-0.1, -0.05) is 42.5 Å². The van der Waals surface area contributed by atoms with E-state index in [9.17, 15) is 14.0 Å². The topological polar surface area (TPSA) is 55.2 Å². The van der Waals surface area contributed by atoms with Crippen molar-refractivity contribution in [1.29, 1.82) is 0 Å². The smallest absolute Gasteiger partial charge is 0.278 e. The lowest BCUT2D eigenvalue weighted by Gasteiger charge is -2.29. The molecule has 154 valence electrons. The summed E-state index contributed by atoms with van der Waals surface area (Å²) in [6.45, 7) is 4.08. The van der Waals surface area contributed by atoms with Gasteiger partial charge < -0.3 is 4.90 Å². The fourth-order valence-corrected chi connectivity index (χ4v) is 3.71. The van der Waals surface area contributed by atoms with E-state index in [0.717, 1.165) is 18.4 Å². The summed E-state index contributed by atoms with van der Waals surface area (Å²) in [5.41, 5.74) is 1.01. The zero-order valence-corrected chi connectivity index (χ0v) is 17.1. The third-order valence-corrected chi connectivity index (χ3v) is 5.64. The molecule has 0 N–H and O–H groups in total. The Kier molecular flexibility index (Phi) is 5.48. The Morgan fingerprint density at radius 2 is 1.83 bits per heavy atom. The third-order valence-electron chi connectivity index (χ3n) is 5.64. The van der Waals surface area contributed by atoms with Gasteiger partial charge in [0.05, 0.1) is 0 Å². The van der Waals surface area contributed by atoms with Gasteiger partial charge in [0.1, 0.15) is 11.5 Å². The third kappa shape index (κ3) is 4.03. The van der Waals surface area contributed by atoms with Crippen LogP contribution in [0, 0.1) is 18.7 Å². The van der Waals surface area contributed by atoms with Crippen molar-refractivity contribution in [2.45, 2.75) is 39.3 Å². The van der Waals surface area contributed by atoms with E-state index >= 15 is 0 Å². The van der Waals surface area contributed by atoms with Crippen LogP contribution in [0.2, 0.25) is 0 Å². The molecule has 1 fully saturated rings. The van der Waals surface area contributed by atoms with Gasteiger partial charge in [0.2, 0.25) is 5.43 Å². The Hall–Kier alpha value is -3.28. The van der Waals surface area contributed by atoms with Crippen molar-refractivity contribution in [3.8, 4) is 5.69 Å². The number of aromatic nitrogens is 2. The second-order valence-corrected chi connectivity index (χ2v) is 7.86.